The summed E-state index contributed by atoms with van der Waals surface area (Å²) >= 11 is 0. The van der Waals surface area contributed by atoms with Gasteiger partial charge in [0.1, 0.15) is 5.75 Å². The van der Waals surface area contributed by atoms with Gasteiger partial charge in [0.2, 0.25) is 5.91 Å². The first-order valence-electron chi connectivity index (χ1n) is 7.75. The van der Waals surface area contributed by atoms with Crippen molar-refractivity contribution in [3.63, 3.8) is 0 Å². The van der Waals surface area contributed by atoms with E-state index in [0.29, 0.717) is 17.7 Å². The van der Waals surface area contributed by atoms with Gasteiger partial charge >= 0.3 is 0 Å². The highest BCUT2D eigenvalue weighted by Gasteiger charge is 2.23. The summed E-state index contributed by atoms with van der Waals surface area (Å²) in [6.07, 6.45) is 2.07. The number of rotatable bonds is 7. The summed E-state index contributed by atoms with van der Waals surface area (Å²) in [5.41, 5.74) is 2.42. The molecule has 1 aromatic carbocycles. The van der Waals surface area contributed by atoms with Crippen molar-refractivity contribution in [2.45, 2.75) is 45.6 Å². The van der Waals surface area contributed by atoms with E-state index < -0.39 is 0 Å². The first kappa shape index (κ1) is 16.3. The lowest BCUT2D eigenvalue weighted by Gasteiger charge is -2.12. The van der Waals surface area contributed by atoms with E-state index in [1.807, 2.05) is 25.1 Å². The van der Waals surface area contributed by atoms with E-state index in [-0.39, 0.29) is 25.0 Å². The first-order valence-corrected chi connectivity index (χ1v) is 7.75. The number of nitrogens with one attached hydrogen (secondary N) is 2. The fourth-order valence-corrected chi connectivity index (χ4v) is 2.27. The molecule has 0 unspecified atom stereocenters. The van der Waals surface area contributed by atoms with Gasteiger partial charge in [0.05, 0.1) is 6.54 Å². The Morgan fingerprint density at radius 1 is 1.27 bits per heavy atom. The highest BCUT2D eigenvalue weighted by molar-refractivity contribution is 5.85. The molecule has 0 aliphatic heterocycles. The van der Waals surface area contributed by atoms with Crippen LogP contribution in [0.1, 0.15) is 43.7 Å². The lowest BCUT2D eigenvalue weighted by Crippen LogP contribution is -2.39. The van der Waals surface area contributed by atoms with Crippen LogP contribution in [0.15, 0.2) is 18.2 Å². The van der Waals surface area contributed by atoms with E-state index in [4.69, 9.17) is 4.74 Å². The van der Waals surface area contributed by atoms with Crippen molar-refractivity contribution in [3.8, 4) is 5.75 Å². The number of benzene rings is 1. The van der Waals surface area contributed by atoms with Crippen LogP contribution in [0.2, 0.25) is 0 Å². The van der Waals surface area contributed by atoms with Crippen LogP contribution in [0.3, 0.4) is 0 Å². The van der Waals surface area contributed by atoms with E-state index in [9.17, 15) is 9.59 Å². The minimum atomic E-state index is -0.295. The SMILES string of the molecule is Cc1cc(OCC(=O)NCC(=O)NC2CC2)ccc1C(C)C. The topological polar surface area (TPSA) is 67.4 Å². The standard InChI is InChI=1S/C17H24N2O3/c1-11(2)15-7-6-14(8-12(15)3)22-10-17(21)18-9-16(20)19-13-4-5-13/h6-8,11,13H,4-5,9-10H2,1-3H3,(H,18,21)(H,19,20). The van der Waals surface area contributed by atoms with Gasteiger partial charge in [-0.1, -0.05) is 19.9 Å². The van der Waals surface area contributed by atoms with E-state index in [1.165, 1.54) is 5.56 Å². The predicted molar refractivity (Wildman–Crippen MR) is 84.9 cm³/mol. The molecule has 5 nitrogen and oxygen atoms in total. The number of amides is 2. The Morgan fingerprint density at radius 2 is 2.00 bits per heavy atom. The molecule has 2 amide bonds. The number of carbonyl (C=O) groups is 2. The molecule has 1 fully saturated rings. The maximum atomic E-state index is 11.7. The molecule has 120 valence electrons. The summed E-state index contributed by atoms with van der Waals surface area (Å²) in [6, 6.07) is 6.14. The Kier molecular flexibility index (Phi) is 5.41. The van der Waals surface area contributed by atoms with Crippen molar-refractivity contribution in [3.05, 3.63) is 29.3 Å². The largest absolute Gasteiger partial charge is 0.484 e. The molecule has 1 aliphatic carbocycles. The average molecular weight is 304 g/mol. The highest BCUT2D eigenvalue weighted by atomic mass is 16.5. The second-order valence-corrected chi connectivity index (χ2v) is 6.08. The second-order valence-electron chi connectivity index (χ2n) is 6.08. The maximum absolute atomic E-state index is 11.7. The van der Waals surface area contributed by atoms with Crippen LogP contribution < -0.4 is 15.4 Å². The van der Waals surface area contributed by atoms with Gasteiger partial charge in [0.25, 0.3) is 5.91 Å². The second kappa shape index (κ2) is 7.29. The van der Waals surface area contributed by atoms with Crippen molar-refractivity contribution in [2.75, 3.05) is 13.2 Å². The third-order valence-corrected chi connectivity index (χ3v) is 3.62. The van der Waals surface area contributed by atoms with Crippen LogP contribution in [0.4, 0.5) is 0 Å². The third-order valence-electron chi connectivity index (χ3n) is 3.62. The average Bonchev–Trinajstić information content (AvgIpc) is 3.26. The Hall–Kier alpha value is -2.04. The van der Waals surface area contributed by atoms with Crippen LogP contribution in [0.5, 0.6) is 5.75 Å². The van der Waals surface area contributed by atoms with Crippen molar-refractivity contribution in [2.24, 2.45) is 0 Å². The Labute approximate surface area is 131 Å². The van der Waals surface area contributed by atoms with Crippen LogP contribution in [-0.4, -0.2) is 31.0 Å². The van der Waals surface area contributed by atoms with Crippen molar-refractivity contribution < 1.29 is 14.3 Å². The summed E-state index contributed by atoms with van der Waals surface area (Å²) in [6.45, 7) is 6.23. The quantitative estimate of drug-likeness (QED) is 0.808. The summed E-state index contributed by atoms with van der Waals surface area (Å²) in [5.74, 6) is 0.686. The first-order chi connectivity index (χ1) is 10.5. The Balaban J connectivity index is 1.73. The molecule has 1 aromatic rings. The van der Waals surface area contributed by atoms with Gasteiger partial charge in [0.15, 0.2) is 6.61 Å². The molecular weight excluding hydrogens is 280 g/mol. The number of ether oxygens (including phenoxy) is 1. The smallest absolute Gasteiger partial charge is 0.258 e. The molecule has 0 heterocycles. The van der Waals surface area contributed by atoms with Gasteiger partial charge in [-0.2, -0.15) is 0 Å². The van der Waals surface area contributed by atoms with Gasteiger partial charge < -0.3 is 15.4 Å². The van der Waals surface area contributed by atoms with Gasteiger partial charge in [-0.3, -0.25) is 9.59 Å². The molecule has 2 rings (SSSR count). The minimum Gasteiger partial charge on any atom is -0.484 e. The van der Waals surface area contributed by atoms with Crippen molar-refractivity contribution in [1.29, 1.82) is 0 Å². The highest BCUT2D eigenvalue weighted by Crippen LogP contribution is 2.23. The fraction of sp³-hybridized carbons (Fsp3) is 0.529. The van der Waals surface area contributed by atoms with Crippen LogP contribution in [-0.2, 0) is 9.59 Å². The summed E-state index contributed by atoms with van der Waals surface area (Å²) < 4.78 is 5.47. The zero-order valence-electron chi connectivity index (χ0n) is 13.4. The molecule has 2 N–H and O–H groups in total. The molecule has 0 atom stereocenters. The van der Waals surface area contributed by atoms with Crippen LogP contribution in [0.25, 0.3) is 0 Å². The third kappa shape index (κ3) is 5.06. The van der Waals surface area contributed by atoms with Gasteiger partial charge in [-0.15, -0.1) is 0 Å². The fourth-order valence-electron chi connectivity index (χ4n) is 2.27. The molecule has 5 heteroatoms. The summed E-state index contributed by atoms with van der Waals surface area (Å²) in [7, 11) is 0. The molecule has 0 aromatic heterocycles. The van der Waals surface area contributed by atoms with E-state index >= 15 is 0 Å². The van der Waals surface area contributed by atoms with Crippen molar-refractivity contribution >= 4 is 11.8 Å². The Morgan fingerprint density at radius 3 is 2.59 bits per heavy atom. The summed E-state index contributed by atoms with van der Waals surface area (Å²) in [4.78, 5) is 23.1. The van der Waals surface area contributed by atoms with E-state index in [0.717, 1.165) is 18.4 Å². The minimum absolute atomic E-state index is 0.00398. The van der Waals surface area contributed by atoms with Crippen LogP contribution >= 0.6 is 0 Å². The molecule has 0 radical (unpaired) electrons. The molecule has 1 aliphatic rings. The lowest BCUT2D eigenvalue weighted by molar-refractivity contribution is -0.127. The Bertz CT molecular complexity index is 551. The maximum Gasteiger partial charge on any atom is 0.258 e. The molecular formula is C17H24N2O3. The van der Waals surface area contributed by atoms with Gasteiger partial charge in [0, 0.05) is 6.04 Å². The van der Waals surface area contributed by atoms with Gasteiger partial charge in [-0.25, -0.2) is 0 Å². The lowest BCUT2D eigenvalue weighted by atomic mass is 9.98. The van der Waals surface area contributed by atoms with E-state index in [2.05, 4.69) is 24.5 Å². The zero-order valence-corrected chi connectivity index (χ0v) is 13.4. The molecule has 0 bridgehead atoms. The van der Waals surface area contributed by atoms with Gasteiger partial charge in [-0.05, 0) is 48.9 Å². The number of carbonyl (C=O) groups excluding carboxylic acids is 2. The molecule has 22 heavy (non-hydrogen) atoms. The van der Waals surface area contributed by atoms with Crippen LogP contribution in [0, 0.1) is 6.92 Å². The molecule has 1 saturated carbocycles. The van der Waals surface area contributed by atoms with E-state index in [1.54, 1.807) is 0 Å². The summed E-state index contributed by atoms with van der Waals surface area (Å²) in [5, 5.41) is 5.37. The number of hydrogen-bond donors (Lipinski definition) is 2. The normalized spacial score (nSPS) is 13.8. The number of aryl methyl sites for hydroxylation is 1. The molecule has 0 saturated heterocycles. The predicted octanol–water partition coefficient (Wildman–Crippen LogP) is 1.89. The monoisotopic (exact) mass is 304 g/mol. The zero-order chi connectivity index (χ0) is 16.1. The number of hydrogen-bond acceptors (Lipinski definition) is 3. The van der Waals surface area contributed by atoms with Crippen molar-refractivity contribution in [1.82, 2.24) is 10.6 Å². The molecule has 0 spiro atoms.